The van der Waals surface area contributed by atoms with Gasteiger partial charge in [-0.2, -0.15) is 4.39 Å². The van der Waals surface area contributed by atoms with Crippen LogP contribution in [0.2, 0.25) is 0 Å². The molecule has 0 radical (unpaired) electrons. The molecule has 0 bridgehead atoms. The standard InChI is InChI=1S/C21H18F2O/c1-3-14-4-6-15(7-5-14)16-8-10-17(11-9-16)18-12-13-19(24-2)21(23)20(18)22/h4-13H,3H2,1-2H3. The van der Waals surface area contributed by atoms with Gasteiger partial charge in [-0.15, -0.1) is 0 Å². The fourth-order valence-corrected chi connectivity index (χ4v) is 2.69. The molecule has 0 fully saturated rings. The fourth-order valence-electron chi connectivity index (χ4n) is 2.69. The van der Waals surface area contributed by atoms with Crippen LogP contribution in [0.25, 0.3) is 22.3 Å². The molecule has 3 aromatic rings. The summed E-state index contributed by atoms with van der Waals surface area (Å²) in [4.78, 5) is 0. The highest BCUT2D eigenvalue weighted by Crippen LogP contribution is 2.31. The van der Waals surface area contributed by atoms with Crippen molar-refractivity contribution in [3.63, 3.8) is 0 Å². The first-order valence-corrected chi connectivity index (χ1v) is 7.85. The average Bonchev–Trinajstić information content (AvgIpc) is 2.64. The molecule has 3 rings (SSSR count). The van der Waals surface area contributed by atoms with Crippen LogP contribution in [-0.2, 0) is 6.42 Å². The van der Waals surface area contributed by atoms with Crippen LogP contribution < -0.4 is 4.74 Å². The van der Waals surface area contributed by atoms with Crippen LogP contribution >= 0.6 is 0 Å². The summed E-state index contributed by atoms with van der Waals surface area (Å²) in [7, 11) is 1.32. The lowest BCUT2D eigenvalue weighted by molar-refractivity contribution is 0.372. The average molecular weight is 324 g/mol. The SMILES string of the molecule is CCc1ccc(-c2ccc(-c3ccc(OC)c(F)c3F)cc2)cc1. The molecule has 0 saturated carbocycles. The third-order valence-electron chi connectivity index (χ3n) is 4.16. The van der Waals surface area contributed by atoms with Crippen molar-refractivity contribution in [2.24, 2.45) is 0 Å². The van der Waals surface area contributed by atoms with Crippen LogP contribution in [0, 0.1) is 11.6 Å². The van der Waals surface area contributed by atoms with Crippen molar-refractivity contribution >= 4 is 0 Å². The molecule has 0 heterocycles. The van der Waals surface area contributed by atoms with Gasteiger partial charge in [0.2, 0.25) is 5.82 Å². The zero-order chi connectivity index (χ0) is 17.1. The zero-order valence-corrected chi connectivity index (χ0v) is 13.6. The highest BCUT2D eigenvalue weighted by atomic mass is 19.2. The number of hydrogen-bond acceptors (Lipinski definition) is 1. The Morgan fingerprint density at radius 3 is 1.79 bits per heavy atom. The maximum atomic E-state index is 14.2. The molecule has 0 spiro atoms. The number of rotatable bonds is 4. The topological polar surface area (TPSA) is 9.23 Å². The third kappa shape index (κ3) is 3.02. The number of aryl methyl sites for hydroxylation is 1. The van der Waals surface area contributed by atoms with Gasteiger partial charge in [-0.1, -0.05) is 55.5 Å². The highest BCUT2D eigenvalue weighted by Gasteiger charge is 2.15. The van der Waals surface area contributed by atoms with Crippen LogP contribution in [0.5, 0.6) is 5.75 Å². The largest absolute Gasteiger partial charge is 0.494 e. The molecule has 0 aromatic heterocycles. The Balaban J connectivity index is 1.93. The number of halogens is 2. The minimum atomic E-state index is -0.964. The molecule has 0 atom stereocenters. The molecule has 3 aromatic carbocycles. The van der Waals surface area contributed by atoms with E-state index in [1.807, 2.05) is 12.1 Å². The molecule has 3 heteroatoms. The van der Waals surface area contributed by atoms with E-state index in [9.17, 15) is 8.78 Å². The van der Waals surface area contributed by atoms with E-state index < -0.39 is 11.6 Å². The summed E-state index contributed by atoms with van der Waals surface area (Å²) in [5, 5.41) is 0. The lowest BCUT2D eigenvalue weighted by Gasteiger charge is -2.09. The van der Waals surface area contributed by atoms with Gasteiger partial charge in [-0.3, -0.25) is 0 Å². The lowest BCUT2D eigenvalue weighted by atomic mass is 9.99. The Labute approximate surface area is 140 Å². The highest BCUT2D eigenvalue weighted by molar-refractivity contribution is 5.71. The van der Waals surface area contributed by atoms with E-state index in [1.165, 1.54) is 24.8 Å². The maximum Gasteiger partial charge on any atom is 0.201 e. The van der Waals surface area contributed by atoms with Crippen LogP contribution in [0.1, 0.15) is 12.5 Å². The van der Waals surface area contributed by atoms with Gasteiger partial charge in [-0.25, -0.2) is 4.39 Å². The fraction of sp³-hybridized carbons (Fsp3) is 0.143. The molecule has 24 heavy (non-hydrogen) atoms. The van der Waals surface area contributed by atoms with Crippen LogP contribution in [0.4, 0.5) is 8.78 Å². The third-order valence-corrected chi connectivity index (χ3v) is 4.16. The van der Waals surface area contributed by atoms with Gasteiger partial charge >= 0.3 is 0 Å². The Hall–Kier alpha value is -2.68. The second-order valence-electron chi connectivity index (χ2n) is 5.57. The Morgan fingerprint density at radius 2 is 1.25 bits per heavy atom. The normalized spacial score (nSPS) is 10.7. The molecule has 0 aliphatic heterocycles. The van der Waals surface area contributed by atoms with Crippen molar-refractivity contribution in [3.8, 4) is 28.0 Å². The van der Waals surface area contributed by atoms with Gasteiger partial charge in [-0.05, 0) is 40.8 Å². The van der Waals surface area contributed by atoms with E-state index in [1.54, 1.807) is 12.1 Å². The molecule has 0 amide bonds. The smallest absolute Gasteiger partial charge is 0.201 e. The van der Waals surface area contributed by atoms with E-state index in [-0.39, 0.29) is 11.3 Å². The first-order chi connectivity index (χ1) is 11.6. The molecule has 122 valence electrons. The van der Waals surface area contributed by atoms with Gasteiger partial charge in [0.15, 0.2) is 11.6 Å². The van der Waals surface area contributed by atoms with Gasteiger partial charge in [0.1, 0.15) is 0 Å². The summed E-state index contributed by atoms with van der Waals surface area (Å²) >= 11 is 0. The summed E-state index contributed by atoms with van der Waals surface area (Å²) in [6.45, 7) is 2.12. The first-order valence-electron chi connectivity index (χ1n) is 7.85. The Kier molecular flexibility index (Phi) is 4.61. The van der Waals surface area contributed by atoms with Crippen molar-refractivity contribution in [1.82, 2.24) is 0 Å². The van der Waals surface area contributed by atoms with Crippen LogP contribution in [0.3, 0.4) is 0 Å². The van der Waals surface area contributed by atoms with Gasteiger partial charge in [0, 0.05) is 5.56 Å². The van der Waals surface area contributed by atoms with Crippen molar-refractivity contribution in [3.05, 3.63) is 77.9 Å². The van der Waals surface area contributed by atoms with E-state index in [0.717, 1.165) is 17.5 Å². The summed E-state index contributed by atoms with van der Waals surface area (Å²) in [5.74, 6) is -1.95. The Bertz CT molecular complexity index is 837. The summed E-state index contributed by atoms with van der Waals surface area (Å²) < 4.78 is 32.8. The van der Waals surface area contributed by atoms with E-state index in [2.05, 4.69) is 31.2 Å². The monoisotopic (exact) mass is 324 g/mol. The van der Waals surface area contributed by atoms with E-state index in [4.69, 9.17) is 4.74 Å². The van der Waals surface area contributed by atoms with Gasteiger partial charge in [0.25, 0.3) is 0 Å². The summed E-state index contributed by atoms with van der Waals surface area (Å²) in [6, 6.07) is 18.7. The quantitative estimate of drug-likeness (QED) is 0.583. The number of methoxy groups -OCH3 is 1. The number of hydrogen-bond donors (Lipinski definition) is 0. The second-order valence-corrected chi connectivity index (χ2v) is 5.57. The second kappa shape index (κ2) is 6.83. The zero-order valence-electron chi connectivity index (χ0n) is 13.6. The molecule has 1 nitrogen and oxygen atoms in total. The molecular weight excluding hydrogens is 306 g/mol. The van der Waals surface area contributed by atoms with Gasteiger partial charge < -0.3 is 4.74 Å². The molecule has 0 N–H and O–H groups in total. The van der Waals surface area contributed by atoms with Crippen LogP contribution in [0.15, 0.2) is 60.7 Å². The molecule has 0 aliphatic rings. The molecule has 0 aliphatic carbocycles. The number of ether oxygens (including phenoxy) is 1. The van der Waals surface area contributed by atoms with Crippen molar-refractivity contribution in [2.45, 2.75) is 13.3 Å². The first kappa shape index (κ1) is 16.2. The van der Waals surface area contributed by atoms with Gasteiger partial charge in [0.05, 0.1) is 7.11 Å². The molecule has 0 saturated heterocycles. The maximum absolute atomic E-state index is 14.2. The lowest BCUT2D eigenvalue weighted by Crippen LogP contribution is -1.95. The molecule has 0 unspecified atom stereocenters. The van der Waals surface area contributed by atoms with Crippen molar-refractivity contribution in [2.75, 3.05) is 7.11 Å². The summed E-state index contributed by atoms with van der Waals surface area (Å²) in [5.41, 5.74) is 4.27. The van der Waals surface area contributed by atoms with E-state index in [0.29, 0.717) is 5.56 Å². The van der Waals surface area contributed by atoms with Crippen molar-refractivity contribution < 1.29 is 13.5 Å². The predicted octanol–water partition coefficient (Wildman–Crippen LogP) is 5.87. The van der Waals surface area contributed by atoms with E-state index >= 15 is 0 Å². The van der Waals surface area contributed by atoms with Crippen molar-refractivity contribution in [1.29, 1.82) is 0 Å². The minimum absolute atomic E-state index is 0.0936. The number of benzene rings is 3. The van der Waals surface area contributed by atoms with Crippen LogP contribution in [-0.4, -0.2) is 7.11 Å². The molecular formula is C21H18F2O. The predicted molar refractivity (Wildman–Crippen MR) is 93.2 cm³/mol. The Morgan fingerprint density at radius 1 is 0.708 bits per heavy atom. The minimum Gasteiger partial charge on any atom is -0.494 e. The summed E-state index contributed by atoms with van der Waals surface area (Å²) in [6.07, 6.45) is 1.00.